The molecule has 0 aliphatic heterocycles. The molecular formula is C15H14ClN3O. The van der Waals surface area contributed by atoms with Crippen molar-refractivity contribution in [3.63, 3.8) is 0 Å². The van der Waals surface area contributed by atoms with E-state index in [0.29, 0.717) is 34.6 Å². The second-order valence-corrected chi connectivity index (χ2v) is 4.84. The number of aromatic nitrogens is 2. The molecule has 0 amide bonds. The molecule has 0 radical (unpaired) electrons. The van der Waals surface area contributed by atoms with Crippen LogP contribution >= 0.6 is 11.6 Å². The van der Waals surface area contributed by atoms with Gasteiger partial charge in [0.15, 0.2) is 0 Å². The van der Waals surface area contributed by atoms with E-state index in [-0.39, 0.29) is 0 Å². The lowest BCUT2D eigenvalue weighted by Crippen LogP contribution is -1.99. The number of ether oxygens (including phenoxy) is 1. The molecule has 102 valence electrons. The first-order chi connectivity index (χ1) is 9.53. The summed E-state index contributed by atoms with van der Waals surface area (Å²) in [4.78, 5) is 8.39. The van der Waals surface area contributed by atoms with Gasteiger partial charge in [-0.05, 0) is 37.1 Å². The largest absolute Gasteiger partial charge is 0.438 e. The average molecular weight is 288 g/mol. The molecule has 1 heterocycles. The van der Waals surface area contributed by atoms with Crippen LogP contribution in [-0.2, 0) is 6.42 Å². The van der Waals surface area contributed by atoms with Crippen molar-refractivity contribution in [3.05, 3.63) is 45.9 Å². The maximum atomic E-state index is 8.94. The summed E-state index contributed by atoms with van der Waals surface area (Å²) in [5, 5.41) is 9.30. The second kappa shape index (κ2) is 5.89. The number of rotatable bonds is 3. The Bertz CT molecular complexity index is 669. The predicted octanol–water partition coefficient (Wildman–Crippen LogP) is 3.97. The Balaban J connectivity index is 2.40. The lowest BCUT2D eigenvalue weighted by molar-refractivity contribution is 0.452. The first-order valence-corrected chi connectivity index (χ1v) is 6.64. The maximum Gasteiger partial charge on any atom is 0.224 e. The lowest BCUT2D eigenvalue weighted by Gasteiger charge is -2.12. The van der Waals surface area contributed by atoms with E-state index < -0.39 is 0 Å². The molecule has 0 unspecified atom stereocenters. The van der Waals surface area contributed by atoms with Crippen molar-refractivity contribution in [2.24, 2.45) is 0 Å². The highest BCUT2D eigenvalue weighted by molar-refractivity contribution is 6.29. The number of halogens is 1. The van der Waals surface area contributed by atoms with Crippen LogP contribution in [0.3, 0.4) is 0 Å². The van der Waals surface area contributed by atoms with Crippen LogP contribution in [0.25, 0.3) is 0 Å². The topological polar surface area (TPSA) is 58.8 Å². The molecule has 0 saturated heterocycles. The van der Waals surface area contributed by atoms with Crippen molar-refractivity contribution in [1.82, 2.24) is 9.97 Å². The molecule has 20 heavy (non-hydrogen) atoms. The number of nitrogens with zero attached hydrogens (tertiary/aromatic N) is 3. The normalized spacial score (nSPS) is 10.2. The third-order valence-electron chi connectivity index (χ3n) is 2.83. The number of hydrogen-bond acceptors (Lipinski definition) is 4. The zero-order chi connectivity index (χ0) is 14.7. The van der Waals surface area contributed by atoms with E-state index in [0.717, 1.165) is 11.1 Å². The molecule has 0 aliphatic rings. The van der Waals surface area contributed by atoms with Gasteiger partial charge in [0.2, 0.25) is 5.88 Å². The van der Waals surface area contributed by atoms with Crippen molar-refractivity contribution in [1.29, 1.82) is 5.26 Å². The fourth-order valence-electron chi connectivity index (χ4n) is 1.93. The Morgan fingerprint density at radius 1 is 1.20 bits per heavy atom. The Labute approximate surface area is 123 Å². The molecule has 0 N–H and O–H groups in total. The van der Waals surface area contributed by atoms with Crippen molar-refractivity contribution in [2.75, 3.05) is 0 Å². The molecule has 0 bridgehead atoms. The minimum atomic E-state index is 0.357. The molecule has 1 aromatic carbocycles. The number of hydrogen-bond donors (Lipinski definition) is 0. The van der Waals surface area contributed by atoms with Crippen LogP contribution in [0.1, 0.15) is 29.4 Å². The smallest absolute Gasteiger partial charge is 0.224 e. The van der Waals surface area contributed by atoms with E-state index in [1.54, 1.807) is 18.2 Å². The summed E-state index contributed by atoms with van der Waals surface area (Å²) in [5.74, 6) is 1.75. The summed E-state index contributed by atoms with van der Waals surface area (Å²) in [6.45, 7) is 5.74. The van der Waals surface area contributed by atoms with Gasteiger partial charge in [-0.25, -0.2) is 4.98 Å². The molecule has 0 aliphatic carbocycles. The van der Waals surface area contributed by atoms with Gasteiger partial charge in [-0.15, -0.1) is 0 Å². The van der Waals surface area contributed by atoms with E-state index in [1.807, 2.05) is 20.8 Å². The molecule has 0 saturated carbocycles. The summed E-state index contributed by atoms with van der Waals surface area (Å²) in [6.07, 6.45) is 0.683. The number of aryl methyl sites for hydroxylation is 3. The van der Waals surface area contributed by atoms with Crippen LogP contribution in [0.5, 0.6) is 11.6 Å². The number of benzene rings is 1. The minimum Gasteiger partial charge on any atom is -0.438 e. The highest BCUT2D eigenvalue weighted by Gasteiger charge is 2.10. The molecular weight excluding hydrogens is 274 g/mol. The van der Waals surface area contributed by atoms with Crippen molar-refractivity contribution < 1.29 is 4.74 Å². The van der Waals surface area contributed by atoms with Crippen molar-refractivity contribution >= 4 is 11.6 Å². The zero-order valence-electron chi connectivity index (χ0n) is 11.6. The Kier molecular flexibility index (Phi) is 4.21. The Morgan fingerprint density at radius 3 is 2.40 bits per heavy atom. The third kappa shape index (κ3) is 3.06. The van der Waals surface area contributed by atoms with E-state index >= 15 is 0 Å². The Morgan fingerprint density at radius 2 is 1.85 bits per heavy atom. The highest BCUT2D eigenvalue weighted by atomic mass is 35.5. The summed E-state index contributed by atoms with van der Waals surface area (Å²) >= 11 is 5.95. The van der Waals surface area contributed by atoms with Gasteiger partial charge in [0.05, 0.1) is 11.6 Å². The summed E-state index contributed by atoms with van der Waals surface area (Å²) in [7, 11) is 0. The highest BCUT2D eigenvalue weighted by Crippen LogP contribution is 2.29. The Hall–Kier alpha value is -2.12. The molecule has 2 aromatic rings. The average Bonchev–Trinajstić information content (AvgIpc) is 2.41. The van der Waals surface area contributed by atoms with Crippen LogP contribution in [0, 0.1) is 25.2 Å². The van der Waals surface area contributed by atoms with Crippen LogP contribution in [0.2, 0.25) is 5.15 Å². The molecule has 2 rings (SSSR count). The molecule has 0 atom stereocenters. The van der Waals surface area contributed by atoms with Crippen LogP contribution < -0.4 is 4.74 Å². The molecule has 4 nitrogen and oxygen atoms in total. The minimum absolute atomic E-state index is 0.357. The maximum absolute atomic E-state index is 8.94. The summed E-state index contributed by atoms with van der Waals surface area (Å²) < 4.78 is 5.82. The van der Waals surface area contributed by atoms with E-state index in [1.165, 1.54) is 0 Å². The standard InChI is InChI=1S/C15H14ClN3O/c1-4-13-18-12(16)7-14(19-13)20-15-9(2)5-11(8-17)6-10(15)3/h5-7H,4H2,1-3H3. The summed E-state index contributed by atoms with van der Waals surface area (Å²) in [6, 6.07) is 7.27. The lowest BCUT2D eigenvalue weighted by atomic mass is 10.1. The third-order valence-corrected chi connectivity index (χ3v) is 3.02. The van der Waals surface area contributed by atoms with Gasteiger partial charge in [-0.2, -0.15) is 10.2 Å². The first kappa shape index (κ1) is 14.3. The van der Waals surface area contributed by atoms with E-state index in [4.69, 9.17) is 21.6 Å². The molecule has 1 aromatic heterocycles. The predicted molar refractivity (Wildman–Crippen MR) is 77.1 cm³/mol. The second-order valence-electron chi connectivity index (χ2n) is 4.45. The SMILES string of the molecule is CCc1nc(Cl)cc(Oc2c(C)cc(C#N)cc2C)n1. The van der Waals surface area contributed by atoms with Crippen LogP contribution in [0.4, 0.5) is 0 Å². The van der Waals surface area contributed by atoms with E-state index in [2.05, 4.69) is 16.0 Å². The van der Waals surface area contributed by atoms with Crippen molar-refractivity contribution in [3.8, 4) is 17.7 Å². The van der Waals surface area contributed by atoms with Gasteiger partial charge in [0.1, 0.15) is 16.7 Å². The van der Waals surface area contributed by atoms with Gasteiger partial charge in [0.25, 0.3) is 0 Å². The van der Waals surface area contributed by atoms with E-state index in [9.17, 15) is 0 Å². The molecule has 0 fully saturated rings. The quantitative estimate of drug-likeness (QED) is 0.801. The fraction of sp³-hybridized carbons (Fsp3) is 0.267. The van der Waals surface area contributed by atoms with Gasteiger partial charge in [-0.3, -0.25) is 0 Å². The first-order valence-electron chi connectivity index (χ1n) is 6.26. The van der Waals surface area contributed by atoms with Crippen LogP contribution in [-0.4, -0.2) is 9.97 Å². The van der Waals surface area contributed by atoms with Crippen LogP contribution in [0.15, 0.2) is 18.2 Å². The monoisotopic (exact) mass is 287 g/mol. The molecule has 5 heteroatoms. The zero-order valence-corrected chi connectivity index (χ0v) is 12.3. The van der Waals surface area contributed by atoms with Crippen molar-refractivity contribution in [2.45, 2.75) is 27.2 Å². The van der Waals surface area contributed by atoms with Gasteiger partial charge >= 0.3 is 0 Å². The van der Waals surface area contributed by atoms with Gasteiger partial charge in [0, 0.05) is 12.5 Å². The summed E-state index contributed by atoms with van der Waals surface area (Å²) in [5.41, 5.74) is 2.38. The fourth-order valence-corrected chi connectivity index (χ4v) is 2.12. The molecule has 0 spiro atoms. The van der Waals surface area contributed by atoms with Gasteiger partial charge in [-0.1, -0.05) is 18.5 Å². The van der Waals surface area contributed by atoms with Gasteiger partial charge < -0.3 is 4.74 Å². The number of nitriles is 1.